The molecule has 1 saturated heterocycles. The van der Waals surface area contributed by atoms with Gasteiger partial charge in [0.05, 0.1) is 0 Å². The Morgan fingerprint density at radius 3 is 1.67 bits per heavy atom. The van der Waals surface area contributed by atoms with Crippen molar-refractivity contribution in [2.45, 2.75) is 12.8 Å². The van der Waals surface area contributed by atoms with Gasteiger partial charge in [0.2, 0.25) is 0 Å². The number of hydrogen-bond donors (Lipinski definition) is 0. The average molecular weight is 212 g/mol. The fourth-order valence-electron chi connectivity index (χ4n) is 0.510. The van der Waals surface area contributed by atoms with E-state index < -0.39 is 0 Å². The van der Waals surface area contributed by atoms with Crippen LogP contribution in [0.25, 0.3) is 0 Å². The Kier molecular flexibility index (Phi) is 5.50. The third-order valence-corrected chi connectivity index (χ3v) is 0.827. The van der Waals surface area contributed by atoms with Gasteiger partial charge in [0.1, 0.15) is 0 Å². The molecule has 1 aliphatic rings. The van der Waals surface area contributed by atoms with Crippen molar-refractivity contribution in [3.8, 4) is 0 Å². The van der Waals surface area contributed by atoms with Crippen molar-refractivity contribution in [1.82, 2.24) is 0 Å². The zero-order chi connectivity index (χ0) is 3.54. The van der Waals surface area contributed by atoms with Crippen LogP contribution in [0.1, 0.15) is 12.8 Å². The first-order chi connectivity index (χ1) is 2.50. The van der Waals surface area contributed by atoms with Crippen LogP contribution in [0.3, 0.4) is 0 Å². The summed E-state index contributed by atoms with van der Waals surface area (Å²) < 4.78 is 4.94. The number of hydrogen-bond acceptors (Lipinski definition) is 1. The van der Waals surface area contributed by atoms with Crippen molar-refractivity contribution in [1.29, 1.82) is 0 Å². The van der Waals surface area contributed by atoms with Gasteiger partial charge in [0.25, 0.3) is 0 Å². The van der Waals surface area contributed by atoms with E-state index in [4.69, 9.17) is 4.74 Å². The van der Waals surface area contributed by atoms with Crippen LogP contribution >= 0.6 is 0 Å². The van der Waals surface area contributed by atoms with Crippen molar-refractivity contribution in [3.63, 3.8) is 0 Å². The van der Waals surface area contributed by atoms with E-state index in [2.05, 4.69) is 0 Å². The number of rotatable bonds is 0. The molecule has 1 heterocycles. The largest absolute Gasteiger partial charge is 0.381 e. The molecule has 1 fully saturated rings. The van der Waals surface area contributed by atoms with Gasteiger partial charge in [-0.25, -0.2) is 0 Å². The van der Waals surface area contributed by atoms with Crippen LogP contribution in [-0.4, -0.2) is 13.2 Å². The van der Waals surface area contributed by atoms with Crippen LogP contribution in [0.5, 0.6) is 0 Å². The molecule has 0 unspecified atom stereocenters. The third kappa shape index (κ3) is 2.50. The first kappa shape index (κ1) is 7.34. The molecule has 2 heteroatoms. The van der Waals surface area contributed by atoms with E-state index in [0.717, 1.165) is 13.2 Å². The van der Waals surface area contributed by atoms with Gasteiger partial charge < -0.3 is 4.74 Å². The van der Waals surface area contributed by atoms with E-state index in [0.29, 0.717) is 0 Å². The van der Waals surface area contributed by atoms with Crippen LogP contribution in [0.4, 0.5) is 0 Å². The van der Waals surface area contributed by atoms with E-state index in [1.807, 2.05) is 0 Å². The summed E-state index contributed by atoms with van der Waals surface area (Å²) in [5, 5.41) is 0. The molecule has 0 aromatic rings. The van der Waals surface area contributed by atoms with Gasteiger partial charge in [-0.2, -0.15) is 0 Å². The topological polar surface area (TPSA) is 9.23 Å². The molecule has 0 aromatic carbocycles. The quantitative estimate of drug-likeness (QED) is 0.577. The minimum atomic E-state index is 0. The van der Waals surface area contributed by atoms with Crippen LogP contribution in [0, 0.1) is 41.7 Å². The van der Waals surface area contributed by atoms with Crippen molar-refractivity contribution in [2.75, 3.05) is 13.2 Å². The maximum Gasteiger partial charge on any atom is 0.0466 e. The summed E-state index contributed by atoms with van der Waals surface area (Å²) in [7, 11) is 0. The molecule has 0 bridgehead atoms. The molecule has 0 aliphatic carbocycles. The summed E-state index contributed by atoms with van der Waals surface area (Å²) in [5.74, 6) is 0. The van der Waals surface area contributed by atoms with E-state index in [-0.39, 0.29) is 41.7 Å². The zero-order valence-corrected chi connectivity index (χ0v) is 6.88. The fourth-order valence-corrected chi connectivity index (χ4v) is 0.510. The summed E-state index contributed by atoms with van der Waals surface area (Å²) in [4.78, 5) is 0. The average Bonchev–Trinajstić information content (AvgIpc) is 1.76. The molecule has 1 rings (SSSR count). The van der Waals surface area contributed by atoms with Gasteiger partial charge in [0, 0.05) is 55.0 Å². The van der Waals surface area contributed by atoms with Gasteiger partial charge in [-0.3, -0.25) is 0 Å². The van der Waals surface area contributed by atoms with Gasteiger partial charge >= 0.3 is 0 Å². The Labute approximate surface area is 71.8 Å². The van der Waals surface area contributed by atoms with E-state index in [9.17, 15) is 0 Å². The Bertz CT molecular complexity index is 19.1. The fraction of sp³-hybridized carbons (Fsp3) is 1.00. The molecule has 0 aromatic heterocycles. The Balaban J connectivity index is 0.000000250. The molecule has 0 saturated carbocycles. The molecule has 0 N–H and O–H groups in total. The Hall–Kier alpha value is 1.34. The molecule has 34 valence electrons. The van der Waals surface area contributed by atoms with Gasteiger partial charge in [-0.1, -0.05) is 0 Å². The first-order valence-electron chi connectivity index (χ1n) is 2.08. The van der Waals surface area contributed by atoms with Gasteiger partial charge in [0.15, 0.2) is 0 Å². The summed E-state index contributed by atoms with van der Waals surface area (Å²) in [6.07, 6.45) is 2.56. The summed E-state index contributed by atoms with van der Waals surface area (Å²) in [5.41, 5.74) is 0. The van der Waals surface area contributed by atoms with Gasteiger partial charge in [-0.05, 0) is 12.8 Å². The smallest absolute Gasteiger partial charge is 0.0466 e. The van der Waals surface area contributed by atoms with E-state index >= 15 is 0 Å². The molecular formula is C4H8CeO. The van der Waals surface area contributed by atoms with Crippen molar-refractivity contribution >= 4 is 0 Å². The summed E-state index contributed by atoms with van der Waals surface area (Å²) in [6, 6.07) is 0. The monoisotopic (exact) mass is 212 g/mol. The maximum absolute atomic E-state index is 4.94. The second-order valence-corrected chi connectivity index (χ2v) is 1.32. The molecule has 6 heavy (non-hydrogen) atoms. The molecule has 0 spiro atoms. The predicted molar refractivity (Wildman–Crippen MR) is 20.1 cm³/mol. The maximum atomic E-state index is 4.94. The third-order valence-electron chi connectivity index (χ3n) is 0.827. The normalized spacial score (nSPS) is 20.0. The molecule has 0 atom stereocenters. The SMILES string of the molecule is C1CCOC1.[Ce]. The van der Waals surface area contributed by atoms with Crippen LogP contribution in [-0.2, 0) is 4.74 Å². The van der Waals surface area contributed by atoms with Crippen LogP contribution in [0.2, 0.25) is 0 Å². The van der Waals surface area contributed by atoms with E-state index in [1.165, 1.54) is 12.8 Å². The second-order valence-electron chi connectivity index (χ2n) is 1.32. The summed E-state index contributed by atoms with van der Waals surface area (Å²) >= 11 is 0. The summed E-state index contributed by atoms with van der Waals surface area (Å²) in [6.45, 7) is 2.00. The first-order valence-corrected chi connectivity index (χ1v) is 2.08. The Morgan fingerprint density at radius 2 is 1.50 bits per heavy atom. The molecule has 0 radical (unpaired) electrons. The van der Waals surface area contributed by atoms with Crippen molar-refractivity contribution < 1.29 is 46.5 Å². The molecule has 1 aliphatic heterocycles. The van der Waals surface area contributed by atoms with E-state index in [1.54, 1.807) is 0 Å². The van der Waals surface area contributed by atoms with Crippen molar-refractivity contribution in [2.24, 2.45) is 0 Å². The van der Waals surface area contributed by atoms with Crippen molar-refractivity contribution in [3.05, 3.63) is 0 Å². The molecule has 0 amide bonds. The predicted octanol–water partition coefficient (Wildman–Crippen LogP) is 0.797. The second kappa shape index (κ2) is 4.49. The molecule has 1 nitrogen and oxygen atoms in total. The minimum Gasteiger partial charge on any atom is -0.381 e. The molecular weight excluding hydrogens is 204 g/mol. The minimum absolute atomic E-state index is 0. The standard InChI is InChI=1S/C4H8O.Ce/c1-2-4-5-3-1;/h1-4H2;. The van der Waals surface area contributed by atoms with Gasteiger partial charge in [-0.15, -0.1) is 0 Å². The number of ether oxygens (including phenoxy) is 1. The Morgan fingerprint density at radius 1 is 1.00 bits per heavy atom. The van der Waals surface area contributed by atoms with Crippen LogP contribution in [0.15, 0.2) is 0 Å². The zero-order valence-electron chi connectivity index (χ0n) is 3.74. The van der Waals surface area contributed by atoms with Crippen LogP contribution < -0.4 is 0 Å².